The van der Waals surface area contributed by atoms with Crippen molar-refractivity contribution in [1.29, 1.82) is 0 Å². The number of amides is 1. The zero-order chi connectivity index (χ0) is 20.3. The van der Waals surface area contributed by atoms with Crippen LogP contribution >= 0.6 is 0 Å². The Labute approximate surface area is 162 Å². The second-order valence-electron chi connectivity index (χ2n) is 6.89. The van der Waals surface area contributed by atoms with Crippen LogP contribution in [0, 0.1) is 6.92 Å². The van der Waals surface area contributed by atoms with E-state index in [0.29, 0.717) is 11.4 Å². The van der Waals surface area contributed by atoms with Crippen LogP contribution < -0.4 is 15.0 Å². The Bertz CT molecular complexity index is 859. The van der Waals surface area contributed by atoms with Crippen molar-refractivity contribution in [2.24, 2.45) is 0 Å². The molecule has 2 aromatic carbocycles. The minimum absolute atomic E-state index is 0.158. The Balaban J connectivity index is 1.98. The van der Waals surface area contributed by atoms with Gasteiger partial charge in [0, 0.05) is 13.1 Å². The van der Waals surface area contributed by atoms with Crippen LogP contribution in [0.5, 0.6) is 5.75 Å². The lowest BCUT2D eigenvalue weighted by Crippen LogP contribution is -2.30. The quantitative estimate of drug-likeness (QED) is 0.771. The first-order valence-corrected chi connectivity index (χ1v) is 9.22. The molecule has 2 aromatic rings. The van der Waals surface area contributed by atoms with Gasteiger partial charge in [-0.05, 0) is 56.0 Å². The maximum absolute atomic E-state index is 13.2. The van der Waals surface area contributed by atoms with Crippen LogP contribution in [0.25, 0.3) is 0 Å². The van der Waals surface area contributed by atoms with E-state index in [2.05, 4.69) is 5.32 Å². The van der Waals surface area contributed by atoms with E-state index < -0.39 is 17.6 Å². The number of alkyl halides is 3. The molecule has 0 spiro atoms. The van der Waals surface area contributed by atoms with Crippen molar-refractivity contribution in [2.75, 3.05) is 30.4 Å². The van der Waals surface area contributed by atoms with Crippen molar-refractivity contribution in [3.05, 3.63) is 53.1 Å². The summed E-state index contributed by atoms with van der Waals surface area (Å²) in [5, 5.41) is 2.68. The highest BCUT2D eigenvalue weighted by Crippen LogP contribution is 2.37. The topological polar surface area (TPSA) is 41.6 Å². The number of nitrogens with one attached hydrogen (secondary N) is 1. The molecule has 1 heterocycles. The summed E-state index contributed by atoms with van der Waals surface area (Å²) >= 11 is 0. The van der Waals surface area contributed by atoms with Gasteiger partial charge >= 0.3 is 6.18 Å². The first-order valence-electron chi connectivity index (χ1n) is 9.22. The summed E-state index contributed by atoms with van der Waals surface area (Å²) in [5.41, 5.74) is 1.03. The Morgan fingerprint density at radius 3 is 2.46 bits per heavy atom. The Kier molecular flexibility index (Phi) is 5.82. The van der Waals surface area contributed by atoms with Gasteiger partial charge < -0.3 is 15.0 Å². The van der Waals surface area contributed by atoms with Crippen LogP contribution in [-0.2, 0) is 6.18 Å². The number of hydrogen-bond acceptors (Lipinski definition) is 3. The smallest absolute Gasteiger partial charge is 0.416 e. The molecule has 150 valence electrons. The molecule has 1 aliphatic heterocycles. The normalized spacial score (nSPS) is 14.7. The molecule has 1 fully saturated rings. The average Bonchev–Trinajstić information content (AvgIpc) is 2.67. The highest BCUT2D eigenvalue weighted by atomic mass is 19.4. The molecule has 1 N–H and O–H groups in total. The summed E-state index contributed by atoms with van der Waals surface area (Å²) in [4.78, 5) is 14.9. The number of piperidine rings is 1. The zero-order valence-corrected chi connectivity index (χ0v) is 15.9. The number of anilines is 2. The van der Waals surface area contributed by atoms with E-state index in [-0.39, 0.29) is 11.3 Å². The van der Waals surface area contributed by atoms with Gasteiger partial charge in [-0.15, -0.1) is 0 Å². The predicted octanol–water partition coefficient (Wildman–Crippen LogP) is 5.27. The summed E-state index contributed by atoms with van der Waals surface area (Å²) in [6.45, 7) is 3.31. The molecule has 28 heavy (non-hydrogen) atoms. The molecule has 0 aliphatic carbocycles. The molecular weight excluding hydrogens is 369 g/mol. The van der Waals surface area contributed by atoms with Crippen molar-refractivity contribution in [2.45, 2.75) is 32.4 Å². The average molecular weight is 392 g/mol. The Morgan fingerprint density at radius 2 is 1.82 bits per heavy atom. The van der Waals surface area contributed by atoms with Gasteiger partial charge in [-0.1, -0.05) is 12.1 Å². The molecule has 0 atom stereocenters. The largest absolute Gasteiger partial charge is 0.496 e. The summed E-state index contributed by atoms with van der Waals surface area (Å²) in [6.07, 6.45) is -1.44. The van der Waals surface area contributed by atoms with Crippen molar-refractivity contribution in [3.8, 4) is 5.75 Å². The lowest BCUT2D eigenvalue weighted by Gasteiger charge is -2.31. The molecule has 7 heteroatoms. The maximum atomic E-state index is 13.2. The second kappa shape index (κ2) is 8.12. The van der Waals surface area contributed by atoms with Gasteiger partial charge in [0.25, 0.3) is 5.91 Å². The van der Waals surface area contributed by atoms with E-state index in [1.165, 1.54) is 13.2 Å². The van der Waals surface area contributed by atoms with Crippen molar-refractivity contribution < 1.29 is 22.7 Å². The van der Waals surface area contributed by atoms with Crippen LogP contribution in [0.4, 0.5) is 24.5 Å². The molecule has 0 bridgehead atoms. The van der Waals surface area contributed by atoms with Crippen molar-refractivity contribution in [3.63, 3.8) is 0 Å². The Morgan fingerprint density at radius 1 is 1.11 bits per heavy atom. The van der Waals surface area contributed by atoms with Crippen LogP contribution in [0.15, 0.2) is 36.4 Å². The number of aryl methyl sites for hydroxylation is 1. The van der Waals surface area contributed by atoms with E-state index in [9.17, 15) is 18.0 Å². The number of hydrogen-bond donors (Lipinski definition) is 1. The Hall–Kier alpha value is -2.70. The summed E-state index contributed by atoms with van der Waals surface area (Å²) in [5.74, 6) is -0.0929. The van der Waals surface area contributed by atoms with E-state index in [1.807, 2.05) is 4.90 Å². The number of methoxy groups -OCH3 is 1. The van der Waals surface area contributed by atoms with Gasteiger partial charge in [0.2, 0.25) is 0 Å². The van der Waals surface area contributed by atoms with E-state index >= 15 is 0 Å². The fraction of sp³-hybridized carbons (Fsp3) is 0.381. The van der Waals surface area contributed by atoms with Gasteiger partial charge in [0.1, 0.15) is 5.75 Å². The molecule has 0 aromatic heterocycles. The monoisotopic (exact) mass is 392 g/mol. The lowest BCUT2D eigenvalue weighted by molar-refractivity contribution is -0.137. The number of rotatable bonds is 4. The SMILES string of the molecule is COc1c(C)cccc1C(=O)Nc1cc(C(F)(F)F)ccc1N1CCCCC1. The molecule has 4 nitrogen and oxygen atoms in total. The van der Waals surface area contributed by atoms with Gasteiger partial charge in [0.05, 0.1) is 29.6 Å². The fourth-order valence-electron chi connectivity index (χ4n) is 3.51. The summed E-state index contributed by atoms with van der Waals surface area (Å²) < 4.78 is 45.0. The number of para-hydroxylation sites is 1. The number of ether oxygens (including phenoxy) is 1. The molecule has 1 amide bonds. The number of halogens is 3. The first kappa shape index (κ1) is 20.0. The molecule has 0 saturated carbocycles. The maximum Gasteiger partial charge on any atom is 0.416 e. The molecule has 0 unspecified atom stereocenters. The van der Waals surface area contributed by atoms with E-state index in [0.717, 1.165) is 50.0 Å². The number of carbonyl (C=O) groups is 1. The minimum Gasteiger partial charge on any atom is -0.496 e. The first-order chi connectivity index (χ1) is 13.3. The highest BCUT2D eigenvalue weighted by molar-refractivity contribution is 6.08. The minimum atomic E-state index is -4.49. The van der Waals surface area contributed by atoms with Crippen molar-refractivity contribution >= 4 is 17.3 Å². The number of benzene rings is 2. The molecular formula is C21H23F3N2O2. The molecule has 1 saturated heterocycles. The van der Waals surface area contributed by atoms with Crippen molar-refractivity contribution in [1.82, 2.24) is 0 Å². The number of nitrogens with zero attached hydrogens (tertiary/aromatic N) is 1. The van der Waals surface area contributed by atoms with Gasteiger partial charge in [-0.25, -0.2) is 0 Å². The fourth-order valence-corrected chi connectivity index (χ4v) is 3.51. The molecule has 1 aliphatic rings. The van der Waals surface area contributed by atoms with Crippen LogP contribution in [0.3, 0.4) is 0 Å². The third kappa shape index (κ3) is 4.24. The highest BCUT2D eigenvalue weighted by Gasteiger charge is 2.32. The number of carbonyl (C=O) groups excluding carboxylic acids is 1. The van der Waals surface area contributed by atoms with E-state index in [1.54, 1.807) is 25.1 Å². The molecule has 0 radical (unpaired) electrons. The van der Waals surface area contributed by atoms with Crippen LogP contribution in [0.1, 0.15) is 40.7 Å². The third-order valence-corrected chi connectivity index (χ3v) is 4.93. The summed E-state index contributed by atoms with van der Waals surface area (Å²) in [6, 6.07) is 8.62. The zero-order valence-electron chi connectivity index (χ0n) is 15.9. The molecule has 3 rings (SSSR count). The standard InChI is InChI=1S/C21H23F3N2O2/c1-14-7-6-8-16(19(14)28-2)20(27)25-17-13-15(21(22,23)24)9-10-18(17)26-11-4-3-5-12-26/h6-10,13H,3-5,11-12H2,1-2H3,(H,25,27). The van der Waals surface area contributed by atoms with Gasteiger partial charge in [0.15, 0.2) is 0 Å². The lowest BCUT2D eigenvalue weighted by atomic mass is 10.1. The summed E-state index contributed by atoms with van der Waals surface area (Å²) in [7, 11) is 1.46. The van der Waals surface area contributed by atoms with Gasteiger partial charge in [-0.2, -0.15) is 13.2 Å². The van der Waals surface area contributed by atoms with Gasteiger partial charge in [-0.3, -0.25) is 4.79 Å². The second-order valence-corrected chi connectivity index (χ2v) is 6.89. The van der Waals surface area contributed by atoms with E-state index in [4.69, 9.17) is 4.74 Å². The predicted molar refractivity (Wildman–Crippen MR) is 103 cm³/mol. The van der Waals surface area contributed by atoms with Crippen LogP contribution in [0.2, 0.25) is 0 Å². The third-order valence-electron chi connectivity index (χ3n) is 4.93. The van der Waals surface area contributed by atoms with Crippen LogP contribution in [-0.4, -0.2) is 26.1 Å².